The molecule has 76 valence electrons. The third-order valence-electron chi connectivity index (χ3n) is 2.75. The smallest absolute Gasteiger partial charge is 0.0754 e. The lowest BCUT2D eigenvalue weighted by molar-refractivity contribution is 0.0101. The Labute approximate surface area is 84.5 Å². The standard InChI is InChI=1S/C11H16N2O/c1-13(11-7-14-8-11)10-4-2-9(6-12)3-5-10/h2-5,11H,6-8,12H2,1H3. The van der Waals surface area contributed by atoms with E-state index in [1.165, 1.54) is 11.3 Å². The molecule has 3 heteroatoms. The minimum atomic E-state index is 0.540. The number of rotatable bonds is 3. The quantitative estimate of drug-likeness (QED) is 0.776. The molecule has 0 spiro atoms. The van der Waals surface area contributed by atoms with Crippen LogP contribution in [0.1, 0.15) is 5.56 Å². The molecule has 1 fully saturated rings. The molecular weight excluding hydrogens is 176 g/mol. The molecule has 1 aromatic carbocycles. The Morgan fingerprint density at radius 3 is 2.43 bits per heavy atom. The summed E-state index contributed by atoms with van der Waals surface area (Å²) in [5.74, 6) is 0. The highest BCUT2D eigenvalue weighted by atomic mass is 16.5. The molecule has 2 rings (SSSR count). The van der Waals surface area contributed by atoms with Gasteiger partial charge in [-0.05, 0) is 17.7 Å². The van der Waals surface area contributed by atoms with Crippen molar-refractivity contribution in [3.8, 4) is 0 Å². The van der Waals surface area contributed by atoms with E-state index in [0.717, 1.165) is 13.2 Å². The second-order valence-electron chi connectivity index (χ2n) is 3.67. The van der Waals surface area contributed by atoms with Crippen LogP contribution in [-0.4, -0.2) is 26.3 Å². The van der Waals surface area contributed by atoms with E-state index >= 15 is 0 Å². The molecule has 0 amide bonds. The predicted octanol–water partition coefficient (Wildman–Crippen LogP) is 0.980. The fourth-order valence-corrected chi connectivity index (χ4v) is 1.52. The minimum Gasteiger partial charge on any atom is -0.377 e. The van der Waals surface area contributed by atoms with Crippen LogP contribution in [0.15, 0.2) is 24.3 Å². The molecule has 1 heterocycles. The first-order valence-corrected chi connectivity index (χ1v) is 4.91. The van der Waals surface area contributed by atoms with Crippen molar-refractivity contribution in [3.05, 3.63) is 29.8 Å². The van der Waals surface area contributed by atoms with Crippen molar-refractivity contribution in [2.45, 2.75) is 12.6 Å². The summed E-state index contributed by atoms with van der Waals surface area (Å²) >= 11 is 0. The first-order chi connectivity index (χ1) is 6.81. The van der Waals surface area contributed by atoms with Crippen LogP contribution in [-0.2, 0) is 11.3 Å². The van der Waals surface area contributed by atoms with Crippen LogP contribution in [0.5, 0.6) is 0 Å². The van der Waals surface area contributed by atoms with Crippen LogP contribution in [0.4, 0.5) is 5.69 Å². The van der Waals surface area contributed by atoms with Crippen molar-refractivity contribution in [1.82, 2.24) is 0 Å². The van der Waals surface area contributed by atoms with Gasteiger partial charge < -0.3 is 15.4 Å². The summed E-state index contributed by atoms with van der Waals surface area (Å²) in [6.07, 6.45) is 0. The van der Waals surface area contributed by atoms with Crippen LogP contribution in [0.25, 0.3) is 0 Å². The maximum absolute atomic E-state index is 5.54. The van der Waals surface area contributed by atoms with E-state index in [1.807, 2.05) is 0 Å². The average molecular weight is 192 g/mol. The Morgan fingerprint density at radius 2 is 2.00 bits per heavy atom. The third-order valence-corrected chi connectivity index (χ3v) is 2.75. The van der Waals surface area contributed by atoms with Crippen LogP contribution in [0.2, 0.25) is 0 Å². The number of nitrogens with two attached hydrogens (primary N) is 1. The van der Waals surface area contributed by atoms with Gasteiger partial charge in [0, 0.05) is 19.3 Å². The highest BCUT2D eigenvalue weighted by molar-refractivity contribution is 5.48. The largest absolute Gasteiger partial charge is 0.377 e. The van der Waals surface area contributed by atoms with Crippen LogP contribution in [0, 0.1) is 0 Å². The van der Waals surface area contributed by atoms with Gasteiger partial charge >= 0.3 is 0 Å². The van der Waals surface area contributed by atoms with E-state index in [4.69, 9.17) is 10.5 Å². The SMILES string of the molecule is CN(c1ccc(CN)cc1)C1COC1. The maximum atomic E-state index is 5.54. The molecule has 0 unspecified atom stereocenters. The molecule has 0 bridgehead atoms. The van der Waals surface area contributed by atoms with Crippen LogP contribution in [0.3, 0.4) is 0 Å². The third kappa shape index (κ3) is 1.74. The van der Waals surface area contributed by atoms with Crippen molar-refractivity contribution in [1.29, 1.82) is 0 Å². The molecule has 14 heavy (non-hydrogen) atoms. The summed E-state index contributed by atoms with van der Waals surface area (Å²) in [6.45, 7) is 2.29. The molecule has 3 nitrogen and oxygen atoms in total. The van der Waals surface area contributed by atoms with E-state index in [0.29, 0.717) is 12.6 Å². The number of hydrogen-bond acceptors (Lipinski definition) is 3. The highest BCUT2D eigenvalue weighted by Gasteiger charge is 2.22. The van der Waals surface area contributed by atoms with Gasteiger partial charge in [0.05, 0.1) is 19.3 Å². The molecule has 0 aromatic heterocycles. The lowest BCUT2D eigenvalue weighted by atomic mass is 10.1. The van der Waals surface area contributed by atoms with Gasteiger partial charge in [-0.15, -0.1) is 0 Å². The Balaban J connectivity index is 2.07. The minimum absolute atomic E-state index is 0.540. The number of hydrogen-bond donors (Lipinski definition) is 1. The summed E-state index contributed by atoms with van der Waals surface area (Å²) < 4.78 is 5.16. The topological polar surface area (TPSA) is 38.5 Å². The zero-order chi connectivity index (χ0) is 9.97. The summed E-state index contributed by atoms with van der Waals surface area (Å²) in [5.41, 5.74) is 7.94. The summed E-state index contributed by atoms with van der Waals surface area (Å²) in [5, 5.41) is 0. The molecule has 0 radical (unpaired) electrons. The van der Waals surface area contributed by atoms with Gasteiger partial charge in [0.2, 0.25) is 0 Å². The van der Waals surface area contributed by atoms with Gasteiger partial charge in [-0.25, -0.2) is 0 Å². The van der Waals surface area contributed by atoms with Gasteiger partial charge in [0.1, 0.15) is 0 Å². The first kappa shape index (κ1) is 9.49. The van der Waals surface area contributed by atoms with Crippen molar-refractivity contribution in [2.75, 3.05) is 25.2 Å². The first-order valence-electron chi connectivity index (χ1n) is 4.91. The molecule has 0 atom stereocenters. The van der Waals surface area contributed by atoms with E-state index in [2.05, 4.69) is 36.2 Å². The van der Waals surface area contributed by atoms with Gasteiger partial charge in [0.15, 0.2) is 0 Å². The Kier molecular flexibility index (Phi) is 2.70. The van der Waals surface area contributed by atoms with E-state index in [1.54, 1.807) is 0 Å². The molecule has 0 aliphatic carbocycles. The fourth-order valence-electron chi connectivity index (χ4n) is 1.52. The lowest BCUT2D eigenvalue weighted by Crippen LogP contribution is -2.47. The molecule has 1 saturated heterocycles. The number of likely N-dealkylation sites (N-methyl/N-ethyl adjacent to an activating group) is 1. The Bertz CT molecular complexity index is 293. The Hall–Kier alpha value is -1.06. The predicted molar refractivity (Wildman–Crippen MR) is 57.3 cm³/mol. The number of anilines is 1. The van der Waals surface area contributed by atoms with E-state index in [-0.39, 0.29) is 0 Å². The van der Waals surface area contributed by atoms with E-state index in [9.17, 15) is 0 Å². The van der Waals surface area contributed by atoms with E-state index < -0.39 is 0 Å². The fraction of sp³-hybridized carbons (Fsp3) is 0.455. The van der Waals surface area contributed by atoms with Crippen molar-refractivity contribution in [2.24, 2.45) is 5.73 Å². The summed E-state index contributed by atoms with van der Waals surface area (Å²) in [6, 6.07) is 8.91. The van der Waals surface area contributed by atoms with Gasteiger partial charge in [0.25, 0.3) is 0 Å². The van der Waals surface area contributed by atoms with Crippen molar-refractivity contribution in [3.63, 3.8) is 0 Å². The summed E-state index contributed by atoms with van der Waals surface area (Å²) in [4.78, 5) is 2.25. The van der Waals surface area contributed by atoms with Gasteiger partial charge in [-0.2, -0.15) is 0 Å². The van der Waals surface area contributed by atoms with Crippen LogP contribution >= 0.6 is 0 Å². The molecule has 1 aliphatic heterocycles. The number of ether oxygens (including phenoxy) is 1. The number of nitrogens with zero attached hydrogens (tertiary/aromatic N) is 1. The van der Waals surface area contributed by atoms with Gasteiger partial charge in [-0.1, -0.05) is 12.1 Å². The molecular formula is C11H16N2O. The lowest BCUT2D eigenvalue weighted by Gasteiger charge is -2.36. The number of benzene rings is 1. The molecule has 1 aromatic rings. The zero-order valence-corrected chi connectivity index (χ0v) is 8.44. The Morgan fingerprint density at radius 1 is 1.36 bits per heavy atom. The maximum Gasteiger partial charge on any atom is 0.0754 e. The zero-order valence-electron chi connectivity index (χ0n) is 8.44. The second kappa shape index (κ2) is 3.98. The summed E-state index contributed by atoms with van der Waals surface area (Å²) in [7, 11) is 2.10. The van der Waals surface area contributed by atoms with Crippen molar-refractivity contribution < 1.29 is 4.74 Å². The highest BCUT2D eigenvalue weighted by Crippen LogP contribution is 2.19. The monoisotopic (exact) mass is 192 g/mol. The normalized spacial score (nSPS) is 16.4. The molecule has 0 saturated carbocycles. The second-order valence-corrected chi connectivity index (χ2v) is 3.67. The molecule has 2 N–H and O–H groups in total. The average Bonchev–Trinajstić information content (AvgIpc) is 2.15. The van der Waals surface area contributed by atoms with Crippen LogP contribution < -0.4 is 10.6 Å². The molecule has 1 aliphatic rings. The van der Waals surface area contributed by atoms with Crippen molar-refractivity contribution >= 4 is 5.69 Å². The van der Waals surface area contributed by atoms with Gasteiger partial charge in [-0.3, -0.25) is 0 Å².